The number of rotatable bonds is 11. The third-order valence-corrected chi connectivity index (χ3v) is 9.39. The average molecular weight is 751 g/mol. The summed E-state index contributed by atoms with van der Waals surface area (Å²) >= 11 is 3.57. The molecular formula is C48H36BrN3O. The van der Waals surface area contributed by atoms with Gasteiger partial charge in [0.15, 0.2) is 0 Å². The highest BCUT2D eigenvalue weighted by atomic mass is 79.9. The molecule has 0 N–H and O–H groups in total. The van der Waals surface area contributed by atoms with Crippen LogP contribution in [0.5, 0.6) is 11.5 Å². The Morgan fingerprint density at radius 1 is 0.264 bits per heavy atom. The summed E-state index contributed by atoms with van der Waals surface area (Å²) in [6, 6.07) is 75.5. The maximum absolute atomic E-state index is 6.65. The van der Waals surface area contributed by atoms with E-state index in [1.165, 1.54) is 0 Å². The maximum atomic E-state index is 6.65. The van der Waals surface area contributed by atoms with Crippen molar-refractivity contribution in [1.29, 1.82) is 0 Å². The highest BCUT2D eigenvalue weighted by Gasteiger charge is 2.21. The molecule has 5 heteroatoms. The number of para-hydroxylation sites is 5. The second-order valence-electron chi connectivity index (χ2n) is 12.4. The van der Waals surface area contributed by atoms with Gasteiger partial charge in [-0.15, -0.1) is 0 Å². The van der Waals surface area contributed by atoms with Crippen molar-refractivity contribution in [3.05, 3.63) is 223 Å². The summed E-state index contributed by atoms with van der Waals surface area (Å²) in [4.78, 5) is 6.85. The Labute approximate surface area is 319 Å². The van der Waals surface area contributed by atoms with Crippen LogP contribution in [0, 0.1) is 0 Å². The first kappa shape index (κ1) is 33.6. The lowest BCUT2D eigenvalue weighted by Gasteiger charge is -2.31. The summed E-state index contributed by atoms with van der Waals surface area (Å²) in [7, 11) is 0. The topological polar surface area (TPSA) is 19.0 Å². The van der Waals surface area contributed by atoms with Gasteiger partial charge in [-0.3, -0.25) is 0 Å². The first-order valence-electron chi connectivity index (χ1n) is 17.5. The van der Waals surface area contributed by atoms with Crippen LogP contribution in [0.4, 0.5) is 51.2 Å². The molecule has 8 aromatic rings. The number of nitrogens with zero attached hydrogens (tertiary/aromatic N) is 3. The fourth-order valence-electron chi connectivity index (χ4n) is 6.52. The molecule has 8 aromatic carbocycles. The molecular weight excluding hydrogens is 714 g/mol. The average Bonchev–Trinajstić information content (AvgIpc) is 3.21. The molecule has 0 amide bonds. The minimum Gasteiger partial charge on any atom is -0.457 e. The third-order valence-electron chi connectivity index (χ3n) is 8.86. The maximum Gasteiger partial charge on any atom is 0.131 e. The lowest BCUT2D eigenvalue weighted by atomic mass is 10.1. The second-order valence-corrected chi connectivity index (χ2v) is 13.4. The molecule has 0 aliphatic carbocycles. The Morgan fingerprint density at radius 2 is 0.566 bits per heavy atom. The molecule has 0 atom stereocenters. The number of hydrogen-bond acceptors (Lipinski definition) is 4. The van der Waals surface area contributed by atoms with Gasteiger partial charge in [0.25, 0.3) is 0 Å². The van der Waals surface area contributed by atoms with Crippen LogP contribution in [0.3, 0.4) is 0 Å². The fraction of sp³-hybridized carbons (Fsp3) is 0. The zero-order valence-electron chi connectivity index (χ0n) is 28.9. The molecule has 0 saturated heterocycles. The quantitative estimate of drug-likeness (QED) is 0.131. The summed E-state index contributed by atoms with van der Waals surface area (Å²) in [5.74, 6) is 1.46. The van der Waals surface area contributed by atoms with Gasteiger partial charge in [-0.2, -0.15) is 0 Å². The van der Waals surface area contributed by atoms with Gasteiger partial charge in [-0.25, -0.2) is 0 Å². The van der Waals surface area contributed by atoms with Gasteiger partial charge < -0.3 is 19.4 Å². The predicted molar refractivity (Wildman–Crippen MR) is 225 cm³/mol. The summed E-state index contributed by atoms with van der Waals surface area (Å²) in [5, 5.41) is 0. The van der Waals surface area contributed by atoms with Crippen molar-refractivity contribution in [2.45, 2.75) is 0 Å². The van der Waals surface area contributed by atoms with Crippen LogP contribution in [0.2, 0.25) is 0 Å². The van der Waals surface area contributed by atoms with Gasteiger partial charge in [0, 0.05) is 56.4 Å². The molecule has 0 unspecified atom stereocenters. The third kappa shape index (κ3) is 7.71. The Hall–Kier alpha value is -6.56. The zero-order chi connectivity index (χ0) is 35.8. The van der Waals surface area contributed by atoms with Gasteiger partial charge in [0.1, 0.15) is 11.5 Å². The molecule has 53 heavy (non-hydrogen) atoms. The molecule has 0 saturated carbocycles. The van der Waals surface area contributed by atoms with Crippen molar-refractivity contribution >= 4 is 67.1 Å². The highest BCUT2D eigenvalue weighted by molar-refractivity contribution is 9.10. The van der Waals surface area contributed by atoms with Crippen molar-refractivity contribution < 1.29 is 4.74 Å². The molecule has 0 aliphatic rings. The minimum atomic E-state index is 0.712. The fourth-order valence-corrected chi connectivity index (χ4v) is 6.79. The van der Waals surface area contributed by atoms with E-state index in [2.05, 4.69) is 213 Å². The Bertz CT molecular complexity index is 2300. The SMILES string of the molecule is Brc1ccc(Oc2cc(N(c3ccccc3)c3ccccc3)cc(N(c3ccccc3)c3cccc(N(c4ccccc4)c4ccccc4)c3)c2)cc1. The molecule has 0 spiro atoms. The van der Waals surface area contributed by atoms with E-state index < -0.39 is 0 Å². The van der Waals surface area contributed by atoms with Crippen LogP contribution in [0.25, 0.3) is 0 Å². The summed E-state index contributed by atoms with van der Waals surface area (Å²) in [6.45, 7) is 0. The lowest BCUT2D eigenvalue weighted by molar-refractivity contribution is 0.483. The van der Waals surface area contributed by atoms with Crippen LogP contribution in [0.1, 0.15) is 0 Å². The molecule has 256 valence electrons. The number of hydrogen-bond donors (Lipinski definition) is 0. The van der Waals surface area contributed by atoms with Crippen molar-refractivity contribution in [2.24, 2.45) is 0 Å². The number of benzene rings is 8. The molecule has 0 fully saturated rings. The van der Waals surface area contributed by atoms with E-state index in [0.29, 0.717) is 5.75 Å². The molecule has 8 rings (SSSR count). The lowest BCUT2D eigenvalue weighted by Crippen LogP contribution is -2.14. The van der Waals surface area contributed by atoms with E-state index in [9.17, 15) is 0 Å². The number of halogens is 1. The molecule has 0 aromatic heterocycles. The van der Waals surface area contributed by atoms with E-state index in [0.717, 1.165) is 61.4 Å². The van der Waals surface area contributed by atoms with Gasteiger partial charge in [0.2, 0.25) is 0 Å². The molecule has 0 heterocycles. The first-order chi connectivity index (χ1) is 26.2. The molecule has 0 radical (unpaired) electrons. The van der Waals surface area contributed by atoms with Gasteiger partial charge in [-0.1, -0.05) is 113 Å². The van der Waals surface area contributed by atoms with Crippen molar-refractivity contribution in [3.8, 4) is 11.5 Å². The summed E-state index contributed by atoms with van der Waals surface area (Å²) < 4.78 is 7.65. The molecule has 0 bridgehead atoms. The largest absolute Gasteiger partial charge is 0.457 e. The first-order valence-corrected chi connectivity index (χ1v) is 18.3. The summed E-state index contributed by atoms with van der Waals surface area (Å²) in [6.07, 6.45) is 0. The van der Waals surface area contributed by atoms with Crippen molar-refractivity contribution in [1.82, 2.24) is 0 Å². The van der Waals surface area contributed by atoms with E-state index in [4.69, 9.17) is 4.74 Å². The van der Waals surface area contributed by atoms with Gasteiger partial charge >= 0.3 is 0 Å². The van der Waals surface area contributed by atoms with Gasteiger partial charge in [0.05, 0.1) is 11.4 Å². The van der Waals surface area contributed by atoms with Crippen molar-refractivity contribution in [2.75, 3.05) is 14.7 Å². The van der Waals surface area contributed by atoms with E-state index in [-0.39, 0.29) is 0 Å². The van der Waals surface area contributed by atoms with E-state index >= 15 is 0 Å². The standard InChI is InChI=1S/C48H36BrN3O/c49-37-29-31-47(32-30-37)53-48-35-45(51(40-21-10-3-11-22-40)41-23-12-4-13-24-41)34-46(36-48)52(42-25-14-5-15-26-42)44-28-16-27-43(33-44)50(38-17-6-1-7-18-38)39-19-8-2-9-20-39/h1-36H. The normalized spacial score (nSPS) is 10.7. The highest BCUT2D eigenvalue weighted by Crippen LogP contribution is 2.45. The van der Waals surface area contributed by atoms with Crippen LogP contribution in [-0.4, -0.2) is 0 Å². The van der Waals surface area contributed by atoms with Crippen LogP contribution in [-0.2, 0) is 0 Å². The van der Waals surface area contributed by atoms with Crippen LogP contribution in [0.15, 0.2) is 223 Å². The monoisotopic (exact) mass is 749 g/mol. The molecule has 4 nitrogen and oxygen atoms in total. The Morgan fingerprint density at radius 3 is 0.943 bits per heavy atom. The number of anilines is 9. The smallest absolute Gasteiger partial charge is 0.131 e. The zero-order valence-corrected chi connectivity index (χ0v) is 30.5. The second kappa shape index (κ2) is 15.8. The number of ether oxygens (including phenoxy) is 1. The van der Waals surface area contributed by atoms with E-state index in [1.807, 2.05) is 36.4 Å². The van der Waals surface area contributed by atoms with Gasteiger partial charge in [-0.05, 0) is 109 Å². The summed E-state index contributed by atoms with van der Waals surface area (Å²) in [5.41, 5.74) is 9.21. The molecule has 0 aliphatic heterocycles. The van der Waals surface area contributed by atoms with E-state index in [1.54, 1.807) is 0 Å². The van der Waals surface area contributed by atoms with Crippen LogP contribution >= 0.6 is 15.9 Å². The Kier molecular flexibility index (Phi) is 9.99. The van der Waals surface area contributed by atoms with Crippen molar-refractivity contribution in [3.63, 3.8) is 0 Å². The Balaban J connectivity index is 1.33. The predicted octanol–water partition coefficient (Wildman–Crippen LogP) is 14.7. The van der Waals surface area contributed by atoms with Crippen LogP contribution < -0.4 is 19.4 Å². The minimum absolute atomic E-state index is 0.712.